The van der Waals surface area contributed by atoms with Crippen LogP contribution in [0.15, 0.2) is 42.5 Å². The molecule has 1 saturated heterocycles. The van der Waals surface area contributed by atoms with Crippen LogP contribution in [0.25, 0.3) is 0 Å². The second-order valence-electron chi connectivity index (χ2n) is 6.65. The molecule has 2 aromatic rings. The van der Waals surface area contributed by atoms with Crippen molar-refractivity contribution in [1.29, 1.82) is 0 Å². The molecule has 1 N–H and O–H groups in total. The number of non-ortho nitro benzene ring substituents is 1. The van der Waals surface area contributed by atoms with Crippen molar-refractivity contribution in [1.82, 2.24) is 4.90 Å². The second-order valence-corrected chi connectivity index (χ2v) is 7.09. The van der Waals surface area contributed by atoms with Gasteiger partial charge in [0, 0.05) is 43.2 Å². The van der Waals surface area contributed by atoms with Gasteiger partial charge in [-0.2, -0.15) is 0 Å². The molecule has 1 aliphatic rings. The van der Waals surface area contributed by atoms with Gasteiger partial charge in [-0.1, -0.05) is 23.7 Å². The van der Waals surface area contributed by atoms with Crippen LogP contribution in [0, 0.1) is 10.1 Å². The number of morpholine rings is 1. The molecular weight excluding hydrogens is 398 g/mol. The van der Waals surface area contributed by atoms with Crippen LogP contribution in [0.2, 0.25) is 5.02 Å². The van der Waals surface area contributed by atoms with Crippen LogP contribution < -0.4 is 10.1 Å². The van der Waals surface area contributed by atoms with E-state index in [9.17, 15) is 14.9 Å². The summed E-state index contributed by atoms with van der Waals surface area (Å²) >= 11 is 5.94. The zero-order valence-electron chi connectivity index (χ0n) is 16.0. The number of benzene rings is 2. The minimum Gasteiger partial charge on any atom is -0.495 e. The van der Waals surface area contributed by atoms with Crippen LogP contribution in [0.1, 0.15) is 18.1 Å². The summed E-state index contributed by atoms with van der Waals surface area (Å²) < 4.78 is 11.0. The molecule has 2 aromatic carbocycles. The maximum absolute atomic E-state index is 12.4. The monoisotopic (exact) mass is 419 g/mol. The van der Waals surface area contributed by atoms with Crippen molar-refractivity contribution in [2.75, 3.05) is 38.7 Å². The van der Waals surface area contributed by atoms with Gasteiger partial charge < -0.3 is 14.8 Å². The summed E-state index contributed by atoms with van der Waals surface area (Å²) in [5.41, 5.74) is 1.22. The minimum atomic E-state index is -0.514. The summed E-state index contributed by atoms with van der Waals surface area (Å²) in [5.74, 6) is 0.136. The zero-order valence-corrected chi connectivity index (χ0v) is 16.7. The molecule has 0 spiro atoms. The van der Waals surface area contributed by atoms with Crippen LogP contribution in [0.5, 0.6) is 5.75 Å². The highest BCUT2D eigenvalue weighted by molar-refractivity contribution is 6.30. The number of halogens is 1. The number of methoxy groups -OCH3 is 1. The van der Waals surface area contributed by atoms with E-state index in [-0.39, 0.29) is 29.8 Å². The van der Waals surface area contributed by atoms with Gasteiger partial charge in [-0.15, -0.1) is 0 Å². The zero-order chi connectivity index (χ0) is 20.8. The average Bonchev–Trinajstić information content (AvgIpc) is 2.73. The highest BCUT2D eigenvalue weighted by Gasteiger charge is 2.22. The van der Waals surface area contributed by atoms with E-state index in [0.29, 0.717) is 30.5 Å². The smallest absolute Gasteiger partial charge is 0.271 e. The Balaban J connectivity index is 1.56. The summed E-state index contributed by atoms with van der Waals surface area (Å²) in [7, 11) is 1.45. The minimum absolute atomic E-state index is 0.0686. The van der Waals surface area contributed by atoms with Crippen LogP contribution in [-0.4, -0.2) is 49.1 Å². The number of hydrogen-bond acceptors (Lipinski definition) is 6. The van der Waals surface area contributed by atoms with Crippen LogP contribution in [-0.2, 0) is 9.53 Å². The normalized spacial score (nSPS) is 17.0. The summed E-state index contributed by atoms with van der Waals surface area (Å²) in [5, 5.41) is 14.3. The van der Waals surface area contributed by atoms with E-state index in [2.05, 4.69) is 10.2 Å². The lowest BCUT2D eigenvalue weighted by molar-refractivity contribution is -0.384. The van der Waals surface area contributed by atoms with E-state index in [1.807, 2.05) is 24.3 Å². The maximum Gasteiger partial charge on any atom is 0.271 e. The Kier molecular flexibility index (Phi) is 7.03. The first kappa shape index (κ1) is 21.0. The van der Waals surface area contributed by atoms with Gasteiger partial charge in [0.15, 0.2) is 0 Å². The third-order valence-corrected chi connectivity index (χ3v) is 4.97. The van der Waals surface area contributed by atoms with Gasteiger partial charge in [0.2, 0.25) is 5.91 Å². The number of ether oxygens (including phenoxy) is 2. The van der Waals surface area contributed by atoms with Gasteiger partial charge in [0.25, 0.3) is 5.69 Å². The molecule has 1 fully saturated rings. The molecule has 154 valence electrons. The van der Waals surface area contributed by atoms with Crippen molar-refractivity contribution in [3.05, 3.63) is 63.2 Å². The first-order valence-corrected chi connectivity index (χ1v) is 9.56. The lowest BCUT2D eigenvalue weighted by Crippen LogP contribution is -2.39. The van der Waals surface area contributed by atoms with Gasteiger partial charge in [0.05, 0.1) is 30.4 Å². The van der Waals surface area contributed by atoms with E-state index in [1.165, 1.54) is 25.3 Å². The molecular formula is C20H22ClN3O5. The number of anilines is 1. The lowest BCUT2D eigenvalue weighted by atomic mass is 10.1. The largest absolute Gasteiger partial charge is 0.495 e. The first-order chi connectivity index (χ1) is 14.0. The Morgan fingerprint density at radius 2 is 2.10 bits per heavy atom. The predicted octanol–water partition coefficient (Wildman–Crippen LogP) is 3.66. The fourth-order valence-corrected chi connectivity index (χ4v) is 3.29. The van der Waals surface area contributed by atoms with Crippen molar-refractivity contribution in [2.45, 2.75) is 12.5 Å². The molecule has 8 nitrogen and oxygen atoms in total. The number of nitro benzene ring substituents is 1. The third kappa shape index (κ3) is 5.66. The predicted molar refractivity (Wildman–Crippen MR) is 109 cm³/mol. The highest BCUT2D eigenvalue weighted by Crippen LogP contribution is 2.29. The Morgan fingerprint density at radius 1 is 1.34 bits per heavy atom. The Hall–Kier alpha value is -2.68. The van der Waals surface area contributed by atoms with Gasteiger partial charge in [-0.05, 0) is 23.8 Å². The number of rotatable bonds is 7. The van der Waals surface area contributed by atoms with Gasteiger partial charge in [0.1, 0.15) is 5.75 Å². The molecule has 0 aliphatic carbocycles. The Bertz CT molecular complexity index is 875. The number of nitrogens with zero attached hydrogens (tertiary/aromatic N) is 2. The molecule has 1 aliphatic heterocycles. The van der Waals surface area contributed by atoms with Crippen molar-refractivity contribution in [2.24, 2.45) is 0 Å². The topological polar surface area (TPSA) is 93.9 Å². The molecule has 3 rings (SSSR count). The van der Waals surface area contributed by atoms with E-state index < -0.39 is 4.92 Å². The summed E-state index contributed by atoms with van der Waals surface area (Å²) in [6, 6.07) is 11.6. The molecule has 29 heavy (non-hydrogen) atoms. The van der Waals surface area contributed by atoms with Crippen molar-refractivity contribution in [3.63, 3.8) is 0 Å². The fraction of sp³-hybridized carbons (Fsp3) is 0.350. The van der Waals surface area contributed by atoms with Gasteiger partial charge in [-0.3, -0.25) is 19.8 Å². The van der Waals surface area contributed by atoms with Gasteiger partial charge >= 0.3 is 0 Å². The lowest BCUT2D eigenvalue weighted by Gasteiger charge is -2.33. The molecule has 1 atom stereocenters. The summed E-state index contributed by atoms with van der Waals surface area (Å²) in [6.45, 7) is 2.54. The number of nitro groups is 1. The van der Waals surface area contributed by atoms with E-state index in [1.54, 1.807) is 0 Å². The molecule has 1 heterocycles. The number of nitrogens with one attached hydrogen (secondary N) is 1. The number of carbonyl (C=O) groups is 1. The Morgan fingerprint density at radius 3 is 2.79 bits per heavy atom. The number of hydrogen-bond donors (Lipinski definition) is 1. The van der Waals surface area contributed by atoms with Crippen molar-refractivity contribution >= 4 is 28.9 Å². The van der Waals surface area contributed by atoms with E-state index in [0.717, 1.165) is 12.1 Å². The number of carbonyl (C=O) groups excluding carboxylic acids is 1. The first-order valence-electron chi connectivity index (χ1n) is 9.18. The molecule has 0 radical (unpaired) electrons. The molecule has 0 aromatic heterocycles. The Labute approximate surface area is 173 Å². The summed E-state index contributed by atoms with van der Waals surface area (Å²) in [6.07, 6.45) is 0.181. The van der Waals surface area contributed by atoms with Crippen molar-refractivity contribution < 1.29 is 19.2 Å². The summed E-state index contributed by atoms with van der Waals surface area (Å²) in [4.78, 5) is 25.0. The SMILES string of the molecule is COc1ccc([N+](=O)[O-])cc1NC(=O)CCN1CCOC(c2ccc(Cl)cc2)C1. The van der Waals surface area contributed by atoms with Crippen LogP contribution in [0.3, 0.4) is 0 Å². The number of amides is 1. The molecule has 1 unspecified atom stereocenters. The molecule has 0 saturated carbocycles. The maximum atomic E-state index is 12.4. The van der Waals surface area contributed by atoms with Gasteiger partial charge in [-0.25, -0.2) is 0 Å². The van der Waals surface area contributed by atoms with E-state index in [4.69, 9.17) is 21.1 Å². The molecule has 0 bridgehead atoms. The average molecular weight is 420 g/mol. The van der Waals surface area contributed by atoms with Crippen LogP contribution in [0.4, 0.5) is 11.4 Å². The molecule has 1 amide bonds. The van der Waals surface area contributed by atoms with Crippen LogP contribution >= 0.6 is 11.6 Å². The second kappa shape index (κ2) is 9.69. The third-order valence-electron chi connectivity index (χ3n) is 4.72. The van der Waals surface area contributed by atoms with Crippen molar-refractivity contribution in [3.8, 4) is 5.75 Å². The highest BCUT2D eigenvalue weighted by atomic mass is 35.5. The molecule has 9 heteroatoms. The standard InChI is InChI=1S/C20H22ClN3O5/c1-28-18-7-6-16(24(26)27)12-17(18)22-20(25)8-9-23-10-11-29-19(13-23)14-2-4-15(21)5-3-14/h2-7,12,19H,8-11,13H2,1H3,(H,22,25). The quantitative estimate of drug-likeness (QED) is 0.543. The van der Waals surface area contributed by atoms with E-state index >= 15 is 0 Å². The fourth-order valence-electron chi connectivity index (χ4n) is 3.16.